The van der Waals surface area contributed by atoms with Gasteiger partial charge in [-0.1, -0.05) is 29.3 Å². The number of halogens is 7. The molecule has 0 amide bonds. The number of hydrogen-bond donors (Lipinski definition) is 0. The van der Waals surface area contributed by atoms with Crippen LogP contribution in [0.15, 0.2) is 23.2 Å². The highest BCUT2D eigenvalue weighted by molar-refractivity contribution is 6.43. The summed E-state index contributed by atoms with van der Waals surface area (Å²) in [5, 5.41) is -0.358. The molecule has 0 saturated carbocycles. The molecule has 2 aromatic rings. The minimum atomic E-state index is -2.26. The molecule has 0 bridgehead atoms. The quantitative estimate of drug-likeness (QED) is 0.208. The number of ether oxygens (including phenoxy) is 1. The van der Waals surface area contributed by atoms with Crippen molar-refractivity contribution in [1.82, 2.24) is 0 Å². The zero-order chi connectivity index (χ0) is 19.6. The van der Waals surface area contributed by atoms with Crippen molar-refractivity contribution in [2.45, 2.75) is 6.92 Å². The molecule has 0 radical (unpaired) electrons. The third-order valence-corrected chi connectivity index (χ3v) is 3.85. The van der Waals surface area contributed by atoms with E-state index in [1.807, 2.05) is 0 Å². The van der Waals surface area contributed by atoms with Gasteiger partial charge in [-0.15, -0.1) is 0 Å². The molecule has 0 atom stereocenters. The van der Waals surface area contributed by atoms with Gasteiger partial charge in [-0.3, -0.25) is 0 Å². The van der Waals surface area contributed by atoms with Crippen molar-refractivity contribution in [3.63, 3.8) is 0 Å². The molecule has 0 spiro atoms. The minimum absolute atomic E-state index is 0.0196. The fourth-order valence-corrected chi connectivity index (χ4v) is 2.41. The fraction of sp³-hybridized carbons (Fsp3) is 0.118. The zero-order valence-electron chi connectivity index (χ0n) is 13.0. The Balaban J connectivity index is 2.62. The molecule has 0 aliphatic rings. The first-order valence-corrected chi connectivity index (χ1v) is 7.80. The Bertz CT molecular complexity index is 884. The van der Waals surface area contributed by atoms with Gasteiger partial charge in [0.1, 0.15) is 5.03 Å². The van der Waals surface area contributed by atoms with Crippen LogP contribution in [0.2, 0.25) is 5.02 Å². The lowest BCUT2D eigenvalue weighted by atomic mass is 10.0. The predicted octanol–water partition coefficient (Wildman–Crippen LogP) is 5.85. The summed E-state index contributed by atoms with van der Waals surface area (Å²) < 4.78 is 72.5. The molecule has 2 aromatic carbocycles. The molecule has 0 aliphatic carbocycles. The Morgan fingerprint density at radius 1 is 1.04 bits per heavy atom. The largest absolute Gasteiger partial charge is 0.462 e. The molecule has 2 rings (SSSR count). The first-order valence-electron chi connectivity index (χ1n) is 7.04. The molecule has 26 heavy (non-hydrogen) atoms. The molecular formula is C17H9Cl2F5O2. The number of hydrogen-bond acceptors (Lipinski definition) is 2. The van der Waals surface area contributed by atoms with Crippen molar-refractivity contribution in [3.8, 4) is 11.1 Å². The number of rotatable bonds is 4. The topological polar surface area (TPSA) is 26.3 Å². The van der Waals surface area contributed by atoms with Gasteiger partial charge >= 0.3 is 5.97 Å². The highest BCUT2D eigenvalue weighted by Crippen LogP contribution is 2.34. The van der Waals surface area contributed by atoms with E-state index in [1.54, 1.807) is 6.92 Å². The summed E-state index contributed by atoms with van der Waals surface area (Å²) in [6.07, 6.45) is 1.05. The third-order valence-electron chi connectivity index (χ3n) is 3.25. The number of carbonyl (C=O) groups is 1. The van der Waals surface area contributed by atoms with Crippen LogP contribution in [-0.2, 0) is 9.53 Å². The first-order chi connectivity index (χ1) is 12.2. The van der Waals surface area contributed by atoms with E-state index < -0.39 is 40.6 Å². The first kappa shape index (κ1) is 20.2. The van der Waals surface area contributed by atoms with Crippen LogP contribution in [-0.4, -0.2) is 12.6 Å². The van der Waals surface area contributed by atoms with E-state index in [0.29, 0.717) is 0 Å². The van der Waals surface area contributed by atoms with Crippen molar-refractivity contribution in [3.05, 3.63) is 62.9 Å². The minimum Gasteiger partial charge on any atom is -0.462 e. The van der Waals surface area contributed by atoms with Crippen molar-refractivity contribution < 1.29 is 31.5 Å². The maximum Gasteiger partial charge on any atom is 0.349 e. The highest BCUT2D eigenvalue weighted by atomic mass is 35.5. The van der Waals surface area contributed by atoms with Gasteiger partial charge in [0.15, 0.2) is 23.3 Å². The van der Waals surface area contributed by atoms with Crippen LogP contribution in [0.1, 0.15) is 12.5 Å². The van der Waals surface area contributed by atoms with Gasteiger partial charge in [0.05, 0.1) is 12.2 Å². The van der Waals surface area contributed by atoms with Crippen molar-refractivity contribution >= 4 is 35.2 Å². The van der Waals surface area contributed by atoms with Crippen molar-refractivity contribution in [2.24, 2.45) is 0 Å². The zero-order valence-corrected chi connectivity index (χ0v) is 14.5. The Hall–Kier alpha value is -2.12. The maximum absolute atomic E-state index is 13.9. The van der Waals surface area contributed by atoms with E-state index in [-0.39, 0.29) is 27.8 Å². The highest BCUT2D eigenvalue weighted by Gasteiger charge is 2.26. The summed E-state index contributed by atoms with van der Waals surface area (Å²) in [6.45, 7) is 1.61. The second kappa shape index (κ2) is 8.05. The van der Waals surface area contributed by atoms with E-state index in [9.17, 15) is 26.7 Å². The molecule has 0 saturated heterocycles. The van der Waals surface area contributed by atoms with Gasteiger partial charge in [0, 0.05) is 5.02 Å². The number of esters is 1. The third kappa shape index (κ3) is 3.83. The van der Waals surface area contributed by atoms with Crippen LogP contribution in [0.3, 0.4) is 0 Å². The molecular weight excluding hydrogens is 402 g/mol. The van der Waals surface area contributed by atoms with E-state index in [1.165, 1.54) is 0 Å². The van der Waals surface area contributed by atoms with E-state index in [0.717, 1.165) is 24.3 Å². The molecule has 0 unspecified atom stereocenters. The Labute approximate surface area is 154 Å². The van der Waals surface area contributed by atoms with Gasteiger partial charge in [-0.25, -0.2) is 26.7 Å². The molecule has 9 heteroatoms. The van der Waals surface area contributed by atoms with E-state index in [4.69, 9.17) is 23.2 Å². The summed E-state index contributed by atoms with van der Waals surface area (Å²) in [7, 11) is 0. The molecule has 0 fully saturated rings. The summed E-state index contributed by atoms with van der Waals surface area (Å²) in [6, 6.07) is 3.26. The van der Waals surface area contributed by atoms with Gasteiger partial charge in [0.2, 0.25) is 5.82 Å². The molecule has 0 aromatic heterocycles. The van der Waals surface area contributed by atoms with Crippen molar-refractivity contribution in [2.75, 3.05) is 6.61 Å². The molecule has 2 nitrogen and oxygen atoms in total. The summed E-state index contributed by atoms with van der Waals surface area (Å²) in [4.78, 5) is 11.5. The second-order valence-corrected chi connectivity index (χ2v) is 5.71. The van der Waals surface area contributed by atoms with Gasteiger partial charge in [0.25, 0.3) is 0 Å². The summed E-state index contributed by atoms with van der Waals surface area (Å²) in [5.41, 5.74) is -1.45. The van der Waals surface area contributed by atoms with Crippen LogP contribution in [0.4, 0.5) is 22.0 Å². The maximum atomic E-state index is 13.9. The van der Waals surface area contributed by atoms with Crippen LogP contribution in [0.5, 0.6) is 0 Å². The van der Waals surface area contributed by atoms with Gasteiger partial charge in [-0.2, -0.15) is 0 Å². The fourth-order valence-electron chi connectivity index (χ4n) is 2.06. The normalized spacial score (nSPS) is 11.6. The van der Waals surface area contributed by atoms with Gasteiger partial charge < -0.3 is 4.74 Å². The van der Waals surface area contributed by atoms with Crippen LogP contribution in [0.25, 0.3) is 17.2 Å². The number of carbonyl (C=O) groups excluding carboxylic acids is 1. The SMILES string of the molecule is CCOC(=O)/C(Cl)=C/c1cc(-c2c(F)c(F)c(F)c(F)c2F)ccc1Cl. The smallest absolute Gasteiger partial charge is 0.349 e. The van der Waals surface area contributed by atoms with E-state index >= 15 is 0 Å². The van der Waals surface area contributed by atoms with Crippen LogP contribution < -0.4 is 0 Å². The molecule has 0 aliphatic heterocycles. The second-order valence-electron chi connectivity index (χ2n) is 4.89. The Kier molecular flexibility index (Phi) is 6.26. The lowest BCUT2D eigenvalue weighted by molar-refractivity contribution is -0.137. The average Bonchev–Trinajstić information content (AvgIpc) is 2.61. The van der Waals surface area contributed by atoms with Crippen LogP contribution in [0, 0.1) is 29.1 Å². The average molecular weight is 411 g/mol. The predicted molar refractivity (Wildman–Crippen MR) is 87.1 cm³/mol. The molecule has 138 valence electrons. The summed E-state index contributed by atoms with van der Waals surface area (Å²) in [5.74, 6) is -11.3. The van der Waals surface area contributed by atoms with Gasteiger partial charge in [-0.05, 0) is 36.3 Å². The Morgan fingerprint density at radius 3 is 2.12 bits per heavy atom. The Morgan fingerprint density at radius 2 is 1.58 bits per heavy atom. The lowest BCUT2D eigenvalue weighted by Gasteiger charge is -2.10. The number of benzene rings is 2. The van der Waals surface area contributed by atoms with Crippen LogP contribution >= 0.6 is 23.2 Å². The molecule has 0 N–H and O–H groups in total. The van der Waals surface area contributed by atoms with Crippen molar-refractivity contribution in [1.29, 1.82) is 0 Å². The molecule has 0 heterocycles. The lowest BCUT2D eigenvalue weighted by Crippen LogP contribution is -2.04. The van der Waals surface area contributed by atoms with E-state index in [2.05, 4.69) is 4.74 Å². The standard InChI is InChI=1S/C17H9Cl2F5O2/c1-2-26-17(25)10(19)6-8-5-7(3-4-9(8)18)11-12(20)14(22)16(24)15(23)13(11)21/h3-6H,2H2,1H3/b10-6-. The monoisotopic (exact) mass is 410 g/mol. The summed E-state index contributed by atoms with van der Waals surface area (Å²) >= 11 is 11.7.